The summed E-state index contributed by atoms with van der Waals surface area (Å²) in [5.41, 5.74) is 7.52. The van der Waals surface area contributed by atoms with Crippen molar-refractivity contribution in [2.75, 3.05) is 7.05 Å². The summed E-state index contributed by atoms with van der Waals surface area (Å²) in [5, 5.41) is 7.64. The standard InChI is InChI=1S/C19H16BrCl2N5O2/c1-9-6-10(21)7-11(19(29)24-2)15(9)16(17(23)28)13-8-14(20)26-27(13)18-12(22)4-3-5-25-18/h3-8,16H,1-2H3,(H2,23,28)(H,24,29). The molecule has 1 atom stereocenters. The first-order valence-corrected chi connectivity index (χ1v) is 9.97. The van der Waals surface area contributed by atoms with E-state index in [4.69, 9.17) is 28.9 Å². The molecule has 2 aromatic heterocycles. The maximum atomic E-state index is 12.6. The van der Waals surface area contributed by atoms with Gasteiger partial charge >= 0.3 is 0 Å². The lowest BCUT2D eigenvalue weighted by Crippen LogP contribution is -2.29. The number of carbonyl (C=O) groups is 2. The molecule has 10 heteroatoms. The van der Waals surface area contributed by atoms with E-state index in [1.54, 1.807) is 37.4 Å². The van der Waals surface area contributed by atoms with Gasteiger partial charge in [0, 0.05) is 23.8 Å². The number of amides is 2. The second kappa shape index (κ2) is 8.52. The summed E-state index contributed by atoms with van der Waals surface area (Å²) in [6.45, 7) is 1.76. The molecule has 0 saturated heterocycles. The lowest BCUT2D eigenvalue weighted by atomic mass is 9.87. The fourth-order valence-corrected chi connectivity index (χ4v) is 4.04. The zero-order valence-electron chi connectivity index (χ0n) is 15.4. The van der Waals surface area contributed by atoms with E-state index >= 15 is 0 Å². The normalized spacial score (nSPS) is 11.9. The van der Waals surface area contributed by atoms with E-state index in [-0.39, 0.29) is 5.56 Å². The number of nitrogens with one attached hydrogen (secondary N) is 1. The number of hydrogen-bond donors (Lipinski definition) is 2. The minimum Gasteiger partial charge on any atom is -0.369 e. The van der Waals surface area contributed by atoms with Gasteiger partial charge in [0.15, 0.2) is 5.82 Å². The summed E-state index contributed by atoms with van der Waals surface area (Å²) in [6, 6.07) is 8.15. The molecule has 0 aliphatic carbocycles. The predicted octanol–water partition coefficient (Wildman–Crippen LogP) is 3.62. The zero-order valence-corrected chi connectivity index (χ0v) is 18.5. The molecule has 3 rings (SSSR count). The highest BCUT2D eigenvalue weighted by molar-refractivity contribution is 9.10. The molecule has 29 heavy (non-hydrogen) atoms. The summed E-state index contributed by atoms with van der Waals surface area (Å²) in [6.07, 6.45) is 1.56. The number of nitrogens with zero attached hydrogens (tertiary/aromatic N) is 3. The fraction of sp³-hybridized carbons (Fsp3) is 0.158. The molecule has 150 valence electrons. The Morgan fingerprint density at radius 1 is 1.28 bits per heavy atom. The first-order valence-electron chi connectivity index (χ1n) is 8.42. The molecule has 0 fully saturated rings. The van der Waals surface area contributed by atoms with Crippen LogP contribution in [0.5, 0.6) is 0 Å². The number of halogens is 3. The lowest BCUT2D eigenvalue weighted by molar-refractivity contribution is -0.118. The molecule has 7 nitrogen and oxygen atoms in total. The van der Waals surface area contributed by atoms with E-state index in [1.807, 2.05) is 0 Å². The van der Waals surface area contributed by atoms with Crippen LogP contribution in [0.4, 0.5) is 0 Å². The van der Waals surface area contributed by atoms with Gasteiger partial charge in [0.25, 0.3) is 5.91 Å². The van der Waals surface area contributed by atoms with E-state index in [0.29, 0.717) is 37.3 Å². The summed E-state index contributed by atoms with van der Waals surface area (Å²) in [5.74, 6) is -1.73. The number of nitrogens with two attached hydrogens (primary N) is 1. The number of aryl methyl sites for hydroxylation is 1. The van der Waals surface area contributed by atoms with Crippen molar-refractivity contribution in [2.45, 2.75) is 12.8 Å². The van der Waals surface area contributed by atoms with Crippen molar-refractivity contribution in [3.05, 3.63) is 73.6 Å². The Morgan fingerprint density at radius 3 is 2.62 bits per heavy atom. The van der Waals surface area contributed by atoms with Gasteiger partial charge in [0.2, 0.25) is 5.91 Å². The minimum atomic E-state index is -1.00. The average molecular weight is 497 g/mol. The number of rotatable bonds is 5. The second-order valence-electron chi connectivity index (χ2n) is 6.21. The third kappa shape index (κ3) is 4.14. The molecule has 0 aliphatic rings. The molecule has 1 unspecified atom stereocenters. The molecule has 2 heterocycles. The maximum Gasteiger partial charge on any atom is 0.251 e. The SMILES string of the molecule is CNC(=O)c1cc(Cl)cc(C)c1C(C(N)=O)c1cc(Br)nn1-c1ncccc1Cl. The number of carbonyl (C=O) groups excluding carboxylic acids is 2. The molecule has 0 aliphatic heterocycles. The molecule has 0 bridgehead atoms. The Bertz CT molecular complexity index is 1120. The van der Waals surface area contributed by atoms with Gasteiger partial charge in [-0.05, 0) is 64.3 Å². The molecular weight excluding hydrogens is 481 g/mol. The highest BCUT2D eigenvalue weighted by Gasteiger charge is 2.32. The molecule has 2 amide bonds. The first kappa shape index (κ1) is 21.3. The molecular formula is C19H16BrCl2N5O2. The minimum absolute atomic E-state index is 0.247. The van der Waals surface area contributed by atoms with Gasteiger partial charge in [-0.3, -0.25) is 9.59 Å². The maximum absolute atomic E-state index is 12.6. The van der Waals surface area contributed by atoms with Crippen LogP contribution < -0.4 is 11.1 Å². The van der Waals surface area contributed by atoms with Crippen molar-refractivity contribution in [1.29, 1.82) is 0 Å². The smallest absolute Gasteiger partial charge is 0.251 e. The first-order chi connectivity index (χ1) is 13.7. The van der Waals surface area contributed by atoms with E-state index in [9.17, 15) is 9.59 Å². The van der Waals surface area contributed by atoms with E-state index in [1.165, 1.54) is 17.8 Å². The average Bonchev–Trinajstić information content (AvgIpc) is 3.03. The van der Waals surface area contributed by atoms with Gasteiger partial charge in [-0.15, -0.1) is 0 Å². The quantitative estimate of drug-likeness (QED) is 0.562. The van der Waals surface area contributed by atoms with Crippen molar-refractivity contribution in [2.24, 2.45) is 5.73 Å². The molecule has 3 N–H and O–H groups in total. The topological polar surface area (TPSA) is 103 Å². The zero-order chi connectivity index (χ0) is 21.3. The molecule has 0 radical (unpaired) electrons. The van der Waals surface area contributed by atoms with Crippen LogP contribution in [0.3, 0.4) is 0 Å². The lowest BCUT2D eigenvalue weighted by Gasteiger charge is -2.21. The van der Waals surface area contributed by atoms with E-state index in [0.717, 1.165) is 0 Å². The van der Waals surface area contributed by atoms with Crippen LogP contribution in [0.15, 0.2) is 41.1 Å². The third-order valence-corrected chi connectivity index (χ3v) is 5.24. The summed E-state index contributed by atoms with van der Waals surface area (Å²) < 4.78 is 1.89. The highest BCUT2D eigenvalue weighted by atomic mass is 79.9. The van der Waals surface area contributed by atoms with Crippen LogP contribution in [-0.4, -0.2) is 33.6 Å². The Hall–Kier alpha value is -2.42. The third-order valence-electron chi connectivity index (χ3n) is 4.34. The monoisotopic (exact) mass is 495 g/mol. The van der Waals surface area contributed by atoms with Crippen molar-refractivity contribution in [3.63, 3.8) is 0 Å². The number of pyridine rings is 1. The van der Waals surface area contributed by atoms with Crippen molar-refractivity contribution >= 4 is 50.9 Å². The molecule has 0 spiro atoms. The number of hydrogen-bond acceptors (Lipinski definition) is 4. The number of primary amides is 1. The largest absolute Gasteiger partial charge is 0.369 e. The molecule has 3 aromatic rings. The molecule has 0 saturated carbocycles. The number of aromatic nitrogens is 3. The summed E-state index contributed by atoms with van der Waals surface area (Å²) in [4.78, 5) is 29.4. The van der Waals surface area contributed by atoms with Gasteiger partial charge in [0.05, 0.1) is 10.7 Å². The van der Waals surface area contributed by atoms with Gasteiger partial charge in [-0.1, -0.05) is 23.2 Å². The van der Waals surface area contributed by atoms with Gasteiger partial charge in [-0.2, -0.15) is 5.10 Å². The summed E-state index contributed by atoms with van der Waals surface area (Å²) >= 11 is 15.8. The highest BCUT2D eigenvalue weighted by Crippen LogP contribution is 2.35. The Morgan fingerprint density at radius 2 is 2.00 bits per heavy atom. The van der Waals surface area contributed by atoms with E-state index < -0.39 is 17.7 Å². The van der Waals surface area contributed by atoms with Crippen LogP contribution in [0.25, 0.3) is 5.82 Å². The van der Waals surface area contributed by atoms with Crippen LogP contribution in [0.2, 0.25) is 10.0 Å². The Balaban J connectivity index is 2.32. The Kier molecular flexibility index (Phi) is 6.26. The van der Waals surface area contributed by atoms with Crippen LogP contribution >= 0.6 is 39.1 Å². The second-order valence-corrected chi connectivity index (χ2v) is 7.87. The van der Waals surface area contributed by atoms with Gasteiger partial charge in [0.1, 0.15) is 10.5 Å². The van der Waals surface area contributed by atoms with Gasteiger partial charge in [-0.25, -0.2) is 9.67 Å². The summed E-state index contributed by atoms with van der Waals surface area (Å²) in [7, 11) is 1.50. The van der Waals surface area contributed by atoms with Crippen LogP contribution in [-0.2, 0) is 4.79 Å². The fourth-order valence-electron chi connectivity index (χ4n) is 3.17. The molecule has 1 aromatic carbocycles. The van der Waals surface area contributed by atoms with Crippen molar-refractivity contribution in [1.82, 2.24) is 20.1 Å². The number of benzene rings is 1. The van der Waals surface area contributed by atoms with Crippen molar-refractivity contribution in [3.8, 4) is 5.82 Å². The predicted molar refractivity (Wildman–Crippen MR) is 115 cm³/mol. The van der Waals surface area contributed by atoms with E-state index in [2.05, 4.69) is 31.3 Å². The van der Waals surface area contributed by atoms with Crippen LogP contribution in [0.1, 0.15) is 33.1 Å². The van der Waals surface area contributed by atoms with Crippen molar-refractivity contribution < 1.29 is 9.59 Å². The Labute approximate surface area is 185 Å². The van der Waals surface area contributed by atoms with Crippen LogP contribution in [0, 0.1) is 6.92 Å². The van der Waals surface area contributed by atoms with Gasteiger partial charge < -0.3 is 11.1 Å².